The number of hydrogen-bond acceptors (Lipinski definition) is 4. The maximum atomic E-state index is 15.2. The zero-order chi connectivity index (χ0) is 24.9. The number of hydrogen-bond donors (Lipinski definition) is 1. The minimum Gasteiger partial charge on any atom is -0.459 e. The van der Waals surface area contributed by atoms with Crippen molar-refractivity contribution in [3.63, 3.8) is 0 Å². The molecule has 1 heterocycles. The smallest absolute Gasteiger partial charge is 0.293 e. The summed E-state index contributed by atoms with van der Waals surface area (Å²) < 4.78 is 20.8. The maximum Gasteiger partial charge on any atom is 0.293 e. The summed E-state index contributed by atoms with van der Waals surface area (Å²) in [5.74, 6) is -1.25. The molecule has 3 aromatic carbocycles. The third kappa shape index (κ3) is 5.40. The summed E-state index contributed by atoms with van der Waals surface area (Å²) >= 11 is 12.5. The highest BCUT2D eigenvalue weighted by atomic mass is 35.5. The van der Waals surface area contributed by atoms with Crippen LogP contribution in [0, 0.1) is 5.82 Å². The van der Waals surface area contributed by atoms with Crippen LogP contribution in [0.5, 0.6) is 0 Å². The van der Waals surface area contributed by atoms with Gasteiger partial charge in [0.25, 0.3) is 6.47 Å². The van der Waals surface area contributed by atoms with Gasteiger partial charge in [0.2, 0.25) is 0 Å². The molecule has 35 heavy (non-hydrogen) atoms. The summed E-state index contributed by atoms with van der Waals surface area (Å²) in [5.41, 5.74) is 4.12. The fourth-order valence-electron chi connectivity index (χ4n) is 4.29. The lowest BCUT2D eigenvalue weighted by atomic mass is 9.84. The standard InChI is InChI=1S/C27H24Cl2FN3O2/c1-33(2)14-18-11-12-19(28)13-21(18)25-26(32-15-31-25)23(17-7-4-3-5-8-17)27(35-16-34)20-9-6-10-22(29)24(20)30/h3-13,15-16,23,27H,14H2,1-2H3,(H,31,32). The van der Waals surface area contributed by atoms with Crippen LogP contribution in [0.25, 0.3) is 11.3 Å². The van der Waals surface area contributed by atoms with Gasteiger partial charge < -0.3 is 14.6 Å². The third-order valence-corrected chi connectivity index (χ3v) is 6.27. The first-order chi connectivity index (χ1) is 16.9. The third-order valence-electron chi connectivity index (χ3n) is 5.75. The molecule has 8 heteroatoms. The molecule has 0 saturated heterocycles. The lowest BCUT2D eigenvalue weighted by molar-refractivity contribution is -0.134. The van der Waals surface area contributed by atoms with E-state index in [2.05, 4.69) is 9.97 Å². The number of rotatable bonds is 9. The van der Waals surface area contributed by atoms with E-state index >= 15 is 4.39 Å². The van der Waals surface area contributed by atoms with E-state index in [1.165, 1.54) is 6.07 Å². The molecule has 0 aliphatic heterocycles. The summed E-state index contributed by atoms with van der Waals surface area (Å²) in [6, 6.07) is 19.7. The molecule has 0 fully saturated rings. The average molecular weight is 512 g/mol. The number of nitrogens with one attached hydrogen (secondary N) is 1. The van der Waals surface area contributed by atoms with Crippen molar-refractivity contribution < 1.29 is 13.9 Å². The van der Waals surface area contributed by atoms with E-state index in [4.69, 9.17) is 27.9 Å². The maximum absolute atomic E-state index is 15.2. The van der Waals surface area contributed by atoms with E-state index in [9.17, 15) is 4.79 Å². The van der Waals surface area contributed by atoms with Crippen molar-refractivity contribution in [1.29, 1.82) is 0 Å². The Labute approximate surface area is 213 Å². The summed E-state index contributed by atoms with van der Waals surface area (Å²) in [6.07, 6.45) is 0.567. The highest BCUT2D eigenvalue weighted by Gasteiger charge is 2.34. The fraction of sp³-hybridized carbons (Fsp3) is 0.185. The molecular formula is C27H24Cl2FN3O2. The van der Waals surface area contributed by atoms with E-state index in [1.54, 1.807) is 18.5 Å². The van der Waals surface area contributed by atoms with E-state index in [0.29, 0.717) is 29.4 Å². The van der Waals surface area contributed by atoms with Crippen LogP contribution in [0.4, 0.5) is 4.39 Å². The van der Waals surface area contributed by atoms with Crippen LogP contribution >= 0.6 is 23.2 Å². The molecule has 1 N–H and O–H groups in total. The van der Waals surface area contributed by atoms with Gasteiger partial charge in [0.1, 0.15) is 11.9 Å². The lowest BCUT2D eigenvalue weighted by Crippen LogP contribution is -2.19. The van der Waals surface area contributed by atoms with Crippen molar-refractivity contribution in [2.45, 2.75) is 18.6 Å². The van der Waals surface area contributed by atoms with Gasteiger partial charge in [0.15, 0.2) is 0 Å². The van der Waals surface area contributed by atoms with Crippen LogP contribution in [-0.2, 0) is 16.1 Å². The van der Waals surface area contributed by atoms with Gasteiger partial charge in [-0.3, -0.25) is 4.79 Å². The first-order valence-electron chi connectivity index (χ1n) is 11.0. The summed E-state index contributed by atoms with van der Waals surface area (Å²) in [5, 5.41) is 0.510. The van der Waals surface area contributed by atoms with E-state index in [1.807, 2.05) is 67.5 Å². The molecule has 4 aromatic rings. The lowest BCUT2D eigenvalue weighted by Gasteiger charge is -2.27. The van der Waals surface area contributed by atoms with E-state index < -0.39 is 17.8 Å². The number of H-pyrrole nitrogens is 1. The summed E-state index contributed by atoms with van der Waals surface area (Å²) in [6.45, 7) is 0.986. The largest absolute Gasteiger partial charge is 0.459 e. The van der Waals surface area contributed by atoms with Crippen molar-refractivity contribution >= 4 is 29.7 Å². The van der Waals surface area contributed by atoms with Gasteiger partial charge in [-0.05, 0) is 43.4 Å². The van der Waals surface area contributed by atoms with Crippen LogP contribution in [0.2, 0.25) is 10.0 Å². The molecular weight excluding hydrogens is 488 g/mol. The van der Waals surface area contributed by atoms with Gasteiger partial charge in [0.05, 0.1) is 28.7 Å². The van der Waals surface area contributed by atoms with Crippen molar-refractivity contribution in [2.75, 3.05) is 14.1 Å². The number of halogens is 3. The second-order valence-corrected chi connectivity index (χ2v) is 9.23. The number of aromatic nitrogens is 2. The van der Waals surface area contributed by atoms with Gasteiger partial charge in [-0.1, -0.05) is 71.7 Å². The second kappa shape index (κ2) is 11.0. The Kier molecular flexibility index (Phi) is 7.86. The minimum absolute atomic E-state index is 0.0539. The monoisotopic (exact) mass is 511 g/mol. The number of nitrogens with zero attached hydrogens (tertiary/aromatic N) is 2. The Morgan fingerprint density at radius 3 is 2.57 bits per heavy atom. The molecule has 0 aliphatic rings. The van der Waals surface area contributed by atoms with Gasteiger partial charge in [-0.25, -0.2) is 9.37 Å². The number of carbonyl (C=O) groups excluding carboxylic acids is 1. The number of benzene rings is 3. The highest BCUT2D eigenvalue weighted by molar-refractivity contribution is 6.31. The number of ether oxygens (including phenoxy) is 1. The SMILES string of the molecule is CN(C)Cc1ccc(Cl)cc1-c1nc[nH]c1C(c1ccccc1)C(OC=O)c1cccc(Cl)c1F. The topological polar surface area (TPSA) is 58.2 Å². The molecule has 0 aliphatic carbocycles. The number of carbonyl (C=O) groups is 1. The Hall–Kier alpha value is -3.19. The van der Waals surface area contributed by atoms with Crippen molar-refractivity contribution in [3.05, 3.63) is 111 Å². The van der Waals surface area contributed by atoms with Crippen molar-refractivity contribution in [1.82, 2.24) is 14.9 Å². The molecule has 4 rings (SSSR count). The predicted octanol–water partition coefficient (Wildman–Crippen LogP) is 6.63. The molecule has 5 nitrogen and oxygen atoms in total. The first-order valence-corrected chi connectivity index (χ1v) is 11.7. The zero-order valence-corrected chi connectivity index (χ0v) is 20.7. The molecule has 0 bridgehead atoms. The van der Waals surface area contributed by atoms with Crippen molar-refractivity contribution in [2.24, 2.45) is 0 Å². The molecule has 0 spiro atoms. The van der Waals surface area contributed by atoms with Crippen LogP contribution in [0.15, 0.2) is 73.1 Å². The number of aromatic amines is 1. The molecule has 0 saturated carbocycles. The highest BCUT2D eigenvalue weighted by Crippen LogP contribution is 2.43. The van der Waals surface area contributed by atoms with Gasteiger partial charge in [-0.15, -0.1) is 0 Å². The van der Waals surface area contributed by atoms with E-state index in [0.717, 1.165) is 16.7 Å². The Morgan fingerprint density at radius 1 is 1.09 bits per heavy atom. The van der Waals surface area contributed by atoms with Gasteiger partial charge in [0, 0.05) is 22.7 Å². The molecule has 180 valence electrons. The Bertz CT molecular complexity index is 1310. The molecule has 1 aromatic heterocycles. The second-order valence-electron chi connectivity index (χ2n) is 8.39. The average Bonchev–Trinajstić information content (AvgIpc) is 3.31. The summed E-state index contributed by atoms with van der Waals surface area (Å²) in [7, 11) is 3.96. The molecule has 2 atom stereocenters. The zero-order valence-electron chi connectivity index (χ0n) is 19.2. The van der Waals surface area contributed by atoms with Crippen LogP contribution in [0.3, 0.4) is 0 Å². The first kappa shape index (κ1) is 24.9. The summed E-state index contributed by atoms with van der Waals surface area (Å²) in [4.78, 5) is 21.5. The molecule has 0 amide bonds. The minimum atomic E-state index is -1.01. The predicted molar refractivity (Wildman–Crippen MR) is 136 cm³/mol. The van der Waals surface area contributed by atoms with Gasteiger partial charge in [-0.2, -0.15) is 0 Å². The van der Waals surface area contributed by atoms with E-state index in [-0.39, 0.29) is 10.6 Å². The van der Waals surface area contributed by atoms with Crippen LogP contribution < -0.4 is 0 Å². The molecule has 0 radical (unpaired) electrons. The Morgan fingerprint density at radius 2 is 1.86 bits per heavy atom. The molecule has 2 unspecified atom stereocenters. The number of imidazole rings is 1. The van der Waals surface area contributed by atoms with Gasteiger partial charge >= 0.3 is 0 Å². The quantitative estimate of drug-likeness (QED) is 0.256. The Balaban J connectivity index is 1.95. The fourth-order valence-corrected chi connectivity index (χ4v) is 4.64. The van der Waals surface area contributed by atoms with Crippen LogP contribution in [0.1, 0.15) is 34.4 Å². The normalized spacial score (nSPS) is 13.0. The van der Waals surface area contributed by atoms with Crippen molar-refractivity contribution in [3.8, 4) is 11.3 Å². The van der Waals surface area contributed by atoms with Crippen LogP contribution in [-0.4, -0.2) is 35.4 Å².